The van der Waals surface area contributed by atoms with Gasteiger partial charge in [-0.05, 0) is 45.0 Å². The Labute approximate surface area is 154 Å². The minimum atomic E-state index is -3.76. The van der Waals surface area contributed by atoms with Crippen molar-refractivity contribution in [3.05, 3.63) is 29.3 Å². The summed E-state index contributed by atoms with van der Waals surface area (Å²) >= 11 is 5.77. The number of halogens is 2. The first-order valence-electron chi connectivity index (χ1n) is 7.54. The molecular formula is C15H23Cl2N3O3S. The number of carbonyl (C=O) groups is 1. The van der Waals surface area contributed by atoms with Crippen LogP contribution in [0.3, 0.4) is 0 Å². The summed E-state index contributed by atoms with van der Waals surface area (Å²) in [6.45, 7) is 6.79. The SMILES string of the molecule is CC(NS(=O)(=O)c1ccc(Cl)cc1)C(=O)N1CCNC(C)C1C.Cl. The highest BCUT2D eigenvalue weighted by Gasteiger charge is 2.32. The second kappa shape index (κ2) is 8.49. The van der Waals surface area contributed by atoms with Crippen molar-refractivity contribution in [2.75, 3.05) is 13.1 Å². The van der Waals surface area contributed by atoms with E-state index in [1.54, 1.807) is 11.8 Å². The molecule has 0 spiro atoms. The molecule has 1 aromatic rings. The van der Waals surface area contributed by atoms with Gasteiger partial charge in [0.2, 0.25) is 15.9 Å². The van der Waals surface area contributed by atoms with Gasteiger partial charge in [-0.3, -0.25) is 4.79 Å². The second-order valence-corrected chi connectivity index (χ2v) is 7.96. The Bertz CT molecular complexity index is 667. The second-order valence-electron chi connectivity index (χ2n) is 5.81. The number of nitrogens with zero attached hydrogens (tertiary/aromatic N) is 1. The molecule has 3 unspecified atom stereocenters. The highest BCUT2D eigenvalue weighted by Crippen LogP contribution is 2.15. The van der Waals surface area contributed by atoms with Gasteiger partial charge in [0.25, 0.3) is 0 Å². The summed E-state index contributed by atoms with van der Waals surface area (Å²) in [6.07, 6.45) is 0. The van der Waals surface area contributed by atoms with E-state index in [0.717, 1.165) is 0 Å². The summed E-state index contributed by atoms with van der Waals surface area (Å²) in [5.74, 6) is -0.219. The van der Waals surface area contributed by atoms with Crippen LogP contribution in [0.15, 0.2) is 29.2 Å². The van der Waals surface area contributed by atoms with Crippen molar-refractivity contribution in [1.29, 1.82) is 0 Å². The van der Waals surface area contributed by atoms with Gasteiger partial charge in [-0.15, -0.1) is 12.4 Å². The summed E-state index contributed by atoms with van der Waals surface area (Å²) in [6, 6.07) is 5.19. The van der Waals surface area contributed by atoms with E-state index in [2.05, 4.69) is 10.0 Å². The number of hydrogen-bond donors (Lipinski definition) is 2. The molecule has 0 bridgehead atoms. The van der Waals surface area contributed by atoms with Crippen molar-refractivity contribution in [3.8, 4) is 0 Å². The van der Waals surface area contributed by atoms with Gasteiger partial charge in [-0.2, -0.15) is 4.72 Å². The molecule has 6 nitrogen and oxygen atoms in total. The third kappa shape index (κ3) is 4.83. The molecule has 3 atom stereocenters. The predicted octanol–water partition coefficient (Wildman–Crippen LogP) is 1.64. The van der Waals surface area contributed by atoms with Crippen molar-refractivity contribution in [2.45, 2.75) is 43.8 Å². The first kappa shape index (κ1) is 21.2. The number of piperazine rings is 1. The van der Waals surface area contributed by atoms with Crippen molar-refractivity contribution in [1.82, 2.24) is 14.9 Å². The average molecular weight is 396 g/mol. The van der Waals surface area contributed by atoms with Gasteiger partial charge in [-0.1, -0.05) is 11.6 Å². The Hall–Kier alpha value is -0.860. The Balaban J connectivity index is 0.00000288. The van der Waals surface area contributed by atoms with Crippen LogP contribution in [0.25, 0.3) is 0 Å². The maximum absolute atomic E-state index is 12.6. The third-order valence-corrected chi connectivity index (χ3v) is 5.95. The van der Waals surface area contributed by atoms with Crippen LogP contribution in [0, 0.1) is 0 Å². The minimum Gasteiger partial charge on any atom is -0.336 e. The molecule has 1 aromatic carbocycles. The number of carbonyl (C=O) groups excluding carboxylic acids is 1. The van der Waals surface area contributed by atoms with E-state index in [4.69, 9.17) is 11.6 Å². The van der Waals surface area contributed by atoms with Crippen molar-refractivity contribution < 1.29 is 13.2 Å². The van der Waals surface area contributed by atoms with Crippen molar-refractivity contribution >= 4 is 39.9 Å². The van der Waals surface area contributed by atoms with Gasteiger partial charge in [0.05, 0.1) is 10.9 Å². The van der Waals surface area contributed by atoms with Gasteiger partial charge in [0.15, 0.2) is 0 Å². The van der Waals surface area contributed by atoms with Crippen LogP contribution in [0.4, 0.5) is 0 Å². The monoisotopic (exact) mass is 395 g/mol. The number of rotatable bonds is 4. The van der Waals surface area contributed by atoms with E-state index in [1.165, 1.54) is 24.3 Å². The Morgan fingerprint density at radius 2 is 1.92 bits per heavy atom. The van der Waals surface area contributed by atoms with Gasteiger partial charge < -0.3 is 10.2 Å². The maximum atomic E-state index is 12.6. The lowest BCUT2D eigenvalue weighted by Crippen LogP contribution is -2.60. The molecule has 24 heavy (non-hydrogen) atoms. The zero-order valence-electron chi connectivity index (χ0n) is 13.8. The summed E-state index contributed by atoms with van der Waals surface area (Å²) in [4.78, 5) is 14.4. The maximum Gasteiger partial charge on any atom is 0.241 e. The average Bonchev–Trinajstić information content (AvgIpc) is 2.49. The number of amides is 1. The van der Waals surface area contributed by atoms with E-state index >= 15 is 0 Å². The van der Waals surface area contributed by atoms with Crippen LogP contribution >= 0.6 is 24.0 Å². The Morgan fingerprint density at radius 1 is 1.33 bits per heavy atom. The normalized spacial score (nSPS) is 22.6. The lowest BCUT2D eigenvalue weighted by Gasteiger charge is -2.39. The topological polar surface area (TPSA) is 78.5 Å². The lowest BCUT2D eigenvalue weighted by molar-refractivity contribution is -0.136. The molecule has 1 heterocycles. The van der Waals surface area contributed by atoms with Gasteiger partial charge in [0.1, 0.15) is 0 Å². The standard InChI is InChI=1S/C15H22ClN3O3S.ClH/c1-10-12(3)19(9-8-17-10)15(20)11(2)18-23(21,22)14-6-4-13(16)5-7-14;/h4-7,10-12,17-18H,8-9H2,1-3H3;1H. The van der Waals surface area contributed by atoms with Crippen LogP contribution in [0.5, 0.6) is 0 Å². The van der Waals surface area contributed by atoms with E-state index in [9.17, 15) is 13.2 Å². The van der Waals surface area contributed by atoms with E-state index in [1.807, 2.05) is 13.8 Å². The molecule has 0 saturated carbocycles. The van der Waals surface area contributed by atoms with Gasteiger partial charge >= 0.3 is 0 Å². The molecule has 0 radical (unpaired) electrons. The molecule has 1 amide bonds. The van der Waals surface area contributed by atoms with E-state index < -0.39 is 16.1 Å². The van der Waals surface area contributed by atoms with Crippen molar-refractivity contribution in [3.63, 3.8) is 0 Å². The summed E-state index contributed by atoms with van der Waals surface area (Å²) in [5, 5.41) is 3.75. The molecule has 1 saturated heterocycles. The number of benzene rings is 1. The lowest BCUT2D eigenvalue weighted by atomic mass is 10.1. The van der Waals surface area contributed by atoms with Crippen molar-refractivity contribution in [2.24, 2.45) is 0 Å². The highest BCUT2D eigenvalue weighted by atomic mass is 35.5. The largest absolute Gasteiger partial charge is 0.336 e. The predicted molar refractivity (Wildman–Crippen MR) is 97.1 cm³/mol. The van der Waals surface area contributed by atoms with Gasteiger partial charge in [-0.25, -0.2) is 8.42 Å². The zero-order valence-corrected chi connectivity index (χ0v) is 16.2. The minimum absolute atomic E-state index is 0. The number of nitrogens with one attached hydrogen (secondary N) is 2. The molecule has 136 valence electrons. The van der Waals surface area contributed by atoms with Crippen LogP contribution in [-0.4, -0.2) is 50.4 Å². The summed E-state index contributed by atoms with van der Waals surface area (Å²) in [7, 11) is -3.76. The molecular weight excluding hydrogens is 373 g/mol. The fraction of sp³-hybridized carbons (Fsp3) is 0.533. The van der Waals surface area contributed by atoms with Crippen LogP contribution in [0.2, 0.25) is 5.02 Å². The summed E-state index contributed by atoms with van der Waals surface area (Å²) < 4.78 is 27.1. The quantitative estimate of drug-likeness (QED) is 0.811. The number of hydrogen-bond acceptors (Lipinski definition) is 4. The zero-order chi connectivity index (χ0) is 17.2. The molecule has 1 aliphatic rings. The highest BCUT2D eigenvalue weighted by molar-refractivity contribution is 7.89. The molecule has 0 aromatic heterocycles. The van der Waals surface area contributed by atoms with E-state index in [0.29, 0.717) is 18.1 Å². The molecule has 1 fully saturated rings. The molecule has 1 aliphatic heterocycles. The van der Waals surface area contributed by atoms with Crippen LogP contribution in [0.1, 0.15) is 20.8 Å². The first-order chi connectivity index (χ1) is 10.7. The third-order valence-electron chi connectivity index (χ3n) is 4.14. The first-order valence-corrected chi connectivity index (χ1v) is 9.40. The molecule has 0 aliphatic carbocycles. The van der Waals surface area contributed by atoms with Crippen LogP contribution in [-0.2, 0) is 14.8 Å². The molecule has 2 rings (SSSR count). The Kier molecular flexibility index (Phi) is 7.49. The smallest absolute Gasteiger partial charge is 0.241 e. The fourth-order valence-corrected chi connectivity index (χ4v) is 3.90. The van der Waals surface area contributed by atoms with Crippen LogP contribution < -0.4 is 10.0 Å². The molecule has 2 N–H and O–H groups in total. The van der Waals surface area contributed by atoms with E-state index in [-0.39, 0.29) is 35.3 Å². The summed E-state index contributed by atoms with van der Waals surface area (Å²) in [5.41, 5.74) is 0. The number of sulfonamides is 1. The fourth-order valence-electron chi connectivity index (χ4n) is 2.58. The van der Waals surface area contributed by atoms with Gasteiger partial charge in [0, 0.05) is 30.2 Å². The molecule has 9 heteroatoms. The Morgan fingerprint density at radius 3 is 2.50 bits per heavy atom.